The maximum atomic E-state index is 14.5. The molecule has 2 aromatic carbocycles. The number of nitrogens with zero attached hydrogens (tertiary/aromatic N) is 2. The molecule has 1 aliphatic carbocycles. The molecule has 57 heavy (non-hydrogen) atoms. The number of amides is 1. The number of ether oxygens (including phenoxy) is 1. The van der Waals surface area contributed by atoms with E-state index >= 15 is 0 Å². The summed E-state index contributed by atoms with van der Waals surface area (Å²) >= 11 is 3.45. The maximum Gasteiger partial charge on any atom is 0.309 e. The molecule has 0 saturated carbocycles. The molecule has 1 saturated heterocycles. The van der Waals surface area contributed by atoms with Crippen LogP contribution in [-0.2, 0) is 44.0 Å². The van der Waals surface area contributed by atoms with Gasteiger partial charge in [-0.3, -0.25) is 23.7 Å². The highest BCUT2D eigenvalue weighted by Crippen LogP contribution is 2.44. The summed E-state index contributed by atoms with van der Waals surface area (Å²) in [5, 5.41) is 8.71. The lowest BCUT2D eigenvalue weighted by molar-refractivity contribution is -0.458. The highest BCUT2D eigenvalue weighted by Gasteiger charge is 2.33. The molecule has 2 aliphatic heterocycles. The quantitative estimate of drug-likeness (QED) is 0.0158. The molecule has 16 nitrogen and oxygen atoms in total. The van der Waals surface area contributed by atoms with Crippen molar-refractivity contribution in [1.82, 2.24) is 4.90 Å². The third kappa shape index (κ3) is 11.5. The van der Waals surface area contributed by atoms with Crippen LogP contribution in [-0.4, -0.2) is 86.9 Å². The number of carbonyl (C=O) groups excluding carboxylic acids is 2. The lowest BCUT2D eigenvalue weighted by atomic mass is 9.88. The molecule has 2 aromatic rings. The van der Waals surface area contributed by atoms with Crippen LogP contribution >= 0.6 is 12.9 Å². The molecule has 0 atom stereocenters. The van der Waals surface area contributed by atoms with Crippen LogP contribution in [0.2, 0.25) is 0 Å². The molecule has 0 unspecified atom stereocenters. The van der Waals surface area contributed by atoms with Gasteiger partial charge >= 0.3 is 5.97 Å². The van der Waals surface area contributed by atoms with Crippen molar-refractivity contribution in [3.8, 4) is 22.5 Å². The molecule has 310 valence electrons. The SMILES string of the molecule is Cc1cc2c(-c3ccc(S(=O)(=O)O)cc3C(=O)N3CCC(C(=O)OC(C)(C)C)CC3)c3cc(C)c(=NCCCOOOS)cc-3oc2cc1NCCCS(=O)(=O)O. The summed E-state index contributed by atoms with van der Waals surface area (Å²) < 4.78 is 83.0. The number of rotatable bonds is 15. The van der Waals surface area contributed by atoms with Gasteiger partial charge in [0.1, 0.15) is 16.9 Å². The van der Waals surface area contributed by atoms with Gasteiger partial charge < -0.3 is 19.4 Å². The second kappa shape index (κ2) is 18.2. The van der Waals surface area contributed by atoms with Gasteiger partial charge in [-0.1, -0.05) is 11.1 Å². The van der Waals surface area contributed by atoms with Crippen molar-refractivity contribution < 1.29 is 58.9 Å². The Hall–Kier alpha value is -4.08. The Kier molecular flexibility index (Phi) is 14.1. The topological polar surface area (TPSA) is 221 Å². The minimum Gasteiger partial charge on any atom is -0.460 e. The van der Waals surface area contributed by atoms with Crippen LogP contribution in [0.1, 0.15) is 67.9 Å². The lowest BCUT2D eigenvalue weighted by Gasteiger charge is -2.33. The van der Waals surface area contributed by atoms with Gasteiger partial charge in [-0.15, -0.1) is 4.33 Å². The fourth-order valence-corrected chi connectivity index (χ4v) is 7.71. The zero-order valence-corrected chi connectivity index (χ0v) is 34.8. The van der Waals surface area contributed by atoms with E-state index in [1.54, 1.807) is 37.8 Å². The lowest BCUT2D eigenvalue weighted by Crippen LogP contribution is -2.42. The first-order chi connectivity index (χ1) is 26.8. The molecule has 0 aromatic heterocycles. The fraction of sp³-hybridized carbons (Fsp3) is 0.447. The number of hydrogen-bond acceptors (Lipinski definition) is 14. The second-order valence-corrected chi connectivity index (χ2v) is 18.0. The van der Waals surface area contributed by atoms with Crippen molar-refractivity contribution in [2.24, 2.45) is 10.9 Å². The fourth-order valence-electron chi connectivity index (χ4n) is 6.65. The van der Waals surface area contributed by atoms with Gasteiger partial charge in [0.2, 0.25) is 0 Å². The van der Waals surface area contributed by atoms with E-state index in [0.717, 1.165) is 17.2 Å². The predicted octanol–water partition coefficient (Wildman–Crippen LogP) is 5.97. The van der Waals surface area contributed by atoms with Crippen molar-refractivity contribution >= 4 is 61.7 Å². The summed E-state index contributed by atoms with van der Waals surface area (Å²) in [6, 6.07) is 11.1. The molecule has 0 bridgehead atoms. The summed E-state index contributed by atoms with van der Waals surface area (Å²) in [5.41, 5.74) is 3.38. The number of hydrogen-bond donors (Lipinski definition) is 4. The zero-order chi connectivity index (χ0) is 41.7. The molecule has 5 rings (SSSR count). The molecule has 1 amide bonds. The van der Waals surface area contributed by atoms with Crippen molar-refractivity contribution in [2.75, 3.05) is 43.9 Å². The Balaban J connectivity index is 1.65. The monoisotopic (exact) mass is 849 g/mol. The number of benzene rings is 3. The van der Waals surface area contributed by atoms with Crippen molar-refractivity contribution in [3.63, 3.8) is 0 Å². The number of piperidine rings is 1. The Morgan fingerprint density at radius 3 is 2.35 bits per heavy atom. The molecule has 3 aliphatic rings. The van der Waals surface area contributed by atoms with Gasteiger partial charge in [0, 0.05) is 79.0 Å². The molecule has 2 heterocycles. The number of fused-ring (bicyclic) bond motifs is 2. The highest BCUT2D eigenvalue weighted by molar-refractivity contribution is 7.86. The number of carbonyl (C=O) groups is 2. The van der Waals surface area contributed by atoms with Crippen LogP contribution in [0.4, 0.5) is 5.69 Å². The Labute approximate surface area is 336 Å². The van der Waals surface area contributed by atoms with Gasteiger partial charge in [0.15, 0.2) is 0 Å². The molecule has 19 heteroatoms. The van der Waals surface area contributed by atoms with E-state index in [4.69, 9.17) is 19.0 Å². The normalized spacial score (nSPS) is 14.7. The van der Waals surface area contributed by atoms with Crippen LogP contribution in [0.25, 0.3) is 33.4 Å². The maximum absolute atomic E-state index is 14.5. The standard InChI is InChI=1S/C38H47N3O13S3/c1-23-18-29-33(21-31(23)39-12-6-16-50-53-54-55)51-34-22-32(40-13-7-17-56(44,45)46)24(2)19-30(34)35(29)27-9-8-26(57(47,48)49)20-28(27)36(42)41-14-10-25(11-15-41)37(43)52-38(3,4)5/h8-9,18-22,25,40,55H,6-7,10-17H2,1-5H3,(H,44,45,46)(H,47,48,49). The van der Waals surface area contributed by atoms with Gasteiger partial charge in [0.25, 0.3) is 26.1 Å². The smallest absolute Gasteiger partial charge is 0.309 e. The number of thiol groups is 1. The van der Waals surface area contributed by atoms with Crippen LogP contribution in [0.5, 0.6) is 0 Å². The van der Waals surface area contributed by atoms with E-state index in [0.29, 0.717) is 70.3 Å². The minimum absolute atomic E-state index is 0.0125. The largest absolute Gasteiger partial charge is 0.460 e. The summed E-state index contributed by atoms with van der Waals surface area (Å²) in [5.74, 6) is -1.28. The molecule has 0 radical (unpaired) electrons. The highest BCUT2D eigenvalue weighted by atomic mass is 32.2. The van der Waals surface area contributed by atoms with Crippen molar-refractivity contribution in [2.45, 2.75) is 70.8 Å². The zero-order valence-electron chi connectivity index (χ0n) is 32.2. The van der Waals surface area contributed by atoms with E-state index in [1.807, 2.05) is 26.0 Å². The number of likely N-dealkylation sites (tertiary alicyclic amines) is 1. The number of aryl methyl sites for hydroxylation is 2. The molecule has 1 fully saturated rings. The Morgan fingerprint density at radius 1 is 0.982 bits per heavy atom. The van der Waals surface area contributed by atoms with E-state index in [9.17, 15) is 35.5 Å². The summed E-state index contributed by atoms with van der Waals surface area (Å²) in [7, 11) is -8.87. The molecular formula is C38H47N3O13S3. The summed E-state index contributed by atoms with van der Waals surface area (Å²) in [6.45, 7) is 10.3. The summed E-state index contributed by atoms with van der Waals surface area (Å²) in [4.78, 5) is 38.0. The third-order valence-corrected chi connectivity index (χ3v) is 11.1. The average molecular weight is 850 g/mol. The van der Waals surface area contributed by atoms with E-state index in [-0.39, 0.29) is 44.2 Å². The van der Waals surface area contributed by atoms with Gasteiger partial charge in [-0.25, -0.2) is 4.89 Å². The van der Waals surface area contributed by atoms with Crippen LogP contribution in [0, 0.1) is 19.8 Å². The second-order valence-electron chi connectivity index (χ2n) is 14.8. The number of nitrogens with one attached hydrogen (secondary N) is 1. The Morgan fingerprint density at radius 2 is 1.70 bits per heavy atom. The van der Waals surface area contributed by atoms with Crippen LogP contribution < -0.4 is 10.7 Å². The van der Waals surface area contributed by atoms with Crippen molar-refractivity contribution in [1.29, 1.82) is 0 Å². The number of esters is 1. The first kappa shape index (κ1) is 44.0. The number of anilines is 1. The van der Waals surface area contributed by atoms with E-state index < -0.39 is 48.3 Å². The molecule has 3 N–H and O–H groups in total. The van der Waals surface area contributed by atoms with Crippen molar-refractivity contribution in [3.05, 3.63) is 64.5 Å². The summed E-state index contributed by atoms with van der Waals surface area (Å²) in [6.07, 6.45) is 1.31. The minimum atomic E-state index is -4.72. The van der Waals surface area contributed by atoms with Gasteiger partial charge in [-0.2, -0.15) is 16.8 Å². The first-order valence-electron chi connectivity index (χ1n) is 18.2. The predicted molar refractivity (Wildman–Crippen MR) is 214 cm³/mol. The third-order valence-electron chi connectivity index (χ3n) is 9.34. The van der Waals surface area contributed by atoms with Crippen LogP contribution in [0.3, 0.4) is 0 Å². The van der Waals surface area contributed by atoms with E-state index in [2.05, 4.69) is 27.6 Å². The van der Waals surface area contributed by atoms with E-state index in [1.165, 1.54) is 12.1 Å². The molecule has 0 spiro atoms. The molecular weight excluding hydrogens is 803 g/mol. The average Bonchev–Trinajstić information content (AvgIpc) is 3.12. The van der Waals surface area contributed by atoms with Crippen LogP contribution in [0.15, 0.2) is 56.8 Å². The van der Waals surface area contributed by atoms with Gasteiger partial charge in [0.05, 0.1) is 28.5 Å². The Bertz CT molecular complexity index is 2380. The first-order valence-corrected chi connectivity index (χ1v) is 21.6. The van der Waals surface area contributed by atoms with Gasteiger partial charge in [-0.05, 0) is 101 Å².